The molecule has 2 aromatic rings. The Hall–Kier alpha value is -3.26. The highest BCUT2D eigenvalue weighted by Gasteiger charge is 2.24. The number of carbonyl (C=O) groups is 1. The van der Waals surface area contributed by atoms with Crippen molar-refractivity contribution in [1.82, 2.24) is 5.32 Å². The second-order valence-electron chi connectivity index (χ2n) is 6.23. The molecule has 1 aliphatic rings. The van der Waals surface area contributed by atoms with Gasteiger partial charge in [0.1, 0.15) is 17.4 Å². The molecule has 0 aliphatic carbocycles. The molecule has 0 spiro atoms. The smallest absolute Gasteiger partial charge is 0.270 e. The van der Waals surface area contributed by atoms with Crippen molar-refractivity contribution >= 4 is 11.6 Å². The quantitative estimate of drug-likeness (QED) is 0.495. The predicted molar refractivity (Wildman–Crippen MR) is 101 cm³/mol. The van der Waals surface area contributed by atoms with Gasteiger partial charge >= 0.3 is 0 Å². The van der Waals surface area contributed by atoms with Crippen LogP contribution in [0.15, 0.2) is 60.3 Å². The van der Waals surface area contributed by atoms with Gasteiger partial charge in [0.15, 0.2) is 0 Å². The number of amides is 1. The Morgan fingerprint density at radius 3 is 2.77 bits per heavy atom. The molecule has 132 valence electrons. The van der Waals surface area contributed by atoms with E-state index in [1.807, 2.05) is 42.5 Å². The fraction of sp³-hybridized carbons (Fsp3) is 0.238. The largest absolute Gasteiger partial charge is 0.508 e. The molecular formula is C21H21N3O2. The van der Waals surface area contributed by atoms with Crippen LogP contribution in [0.2, 0.25) is 0 Å². The molecule has 0 saturated carbocycles. The molecule has 0 saturated heterocycles. The van der Waals surface area contributed by atoms with Crippen LogP contribution in [0.5, 0.6) is 5.75 Å². The first-order valence-electron chi connectivity index (χ1n) is 8.70. The van der Waals surface area contributed by atoms with Crippen molar-refractivity contribution < 1.29 is 9.90 Å². The van der Waals surface area contributed by atoms with Crippen LogP contribution >= 0.6 is 0 Å². The van der Waals surface area contributed by atoms with Crippen LogP contribution in [0.4, 0.5) is 5.69 Å². The third-order valence-corrected chi connectivity index (χ3v) is 4.45. The van der Waals surface area contributed by atoms with Gasteiger partial charge in [0.2, 0.25) is 0 Å². The van der Waals surface area contributed by atoms with E-state index in [0.717, 1.165) is 36.1 Å². The third-order valence-electron chi connectivity index (χ3n) is 4.45. The Morgan fingerprint density at radius 1 is 1.23 bits per heavy atom. The number of nitrogens with zero attached hydrogens (tertiary/aromatic N) is 2. The van der Waals surface area contributed by atoms with Gasteiger partial charge in [-0.05, 0) is 48.6 Å². The summed E-state index contributed by atoms with van der Waals surface area (Å²) >= 11 is 0. The SMILES string of the molecule is N#C/C(=C/NCCc1ccc(O)cc1)C(=O)N1CCCc2ccccc21. The minimum atomic E-state index is -0.267. The van der Waals surface area contributed by atoms with E-state index in [1.54, 1.807) is 17.0 Å². The van der Waals surface area contributed by atoms with Crippen LogP contribution in [-0.2, 0) is 17.6 Å². The van der Waals surface area contributed by atoms with Crippen molar-refractivity contribution in [3.05, 3.63) is 71.4 Å². The molecule has 0 atom stereocenters. The number of rotatable bonds is 5. The highest BCUT2D eigenvalue weighted by molar-refractivity contribution is 6.08. The summed E-state index contributed by atoms with van der Waals surface area (Å²) < 4.78 is 0. The van der Waals surface area contributed by atoms with Crippen molar-refractivity contribution in [3.8, 4) is 11.8 Å². The number of nitrogens with one attached hydrogen (secondary N) is 1. The maximum absolute atomic E-state index is 12.8. The van der Waals surface area contributed by atoms with Crippen LogP contribution in [0.25, 0.3) is 0 Å². The van der Waals surface area contributed by atoms with Crippen LogP contribution in [-0.4, -0.2) is 24.1 Å². The number of nitriles is 1. The second-order valence-corrected chi connectivity index (χ2v) is 6.23. The highest BCUT2D eigenvalue weighted by atomic mass is 16.3. The molecule has 0 aromatic heterocycles. The van der Waals surface area contributed by atoms with Gasteiger partial charge < -0.3 is 15.3 Å². The molecule has 2 N–H and O–H groups in total. The number of fused-ring (bicyclic) bond motifs is 1. The Morgan fingerprint density at radius 2 is 2.00 bits per heavy atom. The van der Waals surface area contributed by atoms with E-state index < -0.39 is 0 Å². The number of aryl methyl sites for hydroxylation is 1. The van der Waals surface area contributed by atoms with Gasteiger partial charge in [-0.15, -0.1) is 0 Å². The molecule has 1 amide bonds. The van der Waals surface area contributed by atoms with E-state index in [-0.39, 0.29) is 17.2 Å². The molecular weight excluding hydrogens is 326 g/mol. The first-order chi connectivity index (χ1) is 12.7. The van der Waals surface area contributed by atoms with E-state index in [4.69, 9.17) is 0 Å². The standard InChI is InChI=1S/C21H21N3O2/c22-14-18(15-23-12-11-16-7-9-19(25)10-8-16)21(26)24-13-3-5-17-4-1-2-6-20(17)24/h1-2,4,6-10,15,23,25H,3,5,11-13H2/b18-15-. The minimum Gasteiger partial charge on any atom is -0.508 e. The van der Waals surface area contributed by atoms with Crippen LogP contribution < -0.4 is 10.2 Å². The fourth-order valence-electron chi connectivity index (χ4n) is 3.09. The van der Waals surface area contributed by atoms with Gasteiger partial charge in [0.25, 0.3) is 5.91 Å². The first-order valence-corrected chi connectivity index (χ1v) is 8.70. The summed E-state index contributed by atoms with van der Waals surface area (Å²) in [6.07, 6.45) is 4.09. The van der Waals surface area contributed by atoms with E-state index >= 15 is 0 Å². The van der Waals surface area contributed by atoms with Crippen LogP contribution in [0.1, 0.15) is 17.5 Å². The van der Waals surface area contributed by atoms with Crippen molar-refractivity contribution in [2.75, 3.05) is 18.0 Å². The zero-order chi connectivity index (χ0) is 18.4. The molecule has 26 heavy (non-hydrogen) atoms. The Balaban J connectivity index is 1.63. The van der Waals surface area contributed by atoms with Gasteiger partial charge in [-0.1, -0.05) is 30.3 Å². The molecule has 5 nitrogen and oxygen atoms in total. The lowest BCUT2D eigenvalue weighted by atomic mass is 10.0. The van der Waals surface area contributed by atoms with Gasteiger partial charge in [-0.3, -0.25) is 4.79 Å². The Labute approximate surface area is 153 Å². The molecule has 2 aromatic carbocycles. The summed E-state index contributed by atoms with van der Waals surface area (Å²) in [5, 5.41) is 21.7. The number of phenolic OH excluding ortho intramolecular Hbond substituents is 1. The minimum absolute atomic E-state index is 0.104. The summed E-state index contributed by atoms with van der Waals surface area (Å²) in [6, 6.07) is 16.8. The predicted octanol–water partition coefficient (Wildman–Crippen LogP) is 2.91. The van der Waals surface area contributed by atoms with Crippen molar-refractivity contribution in [2.45, 2.75) is 19.3 Å². The second kappa shape index (κ2) is 8.21. The summed E-state index contributed by atoms with van der Waals surface area (Å²) in [4.78, 5) is 14.5. The van der Waals surface area contributed by atoms with Gasteiger partial charge in [0, 0.05) is 25.0 Å². The van der Waals surface area contributed by atoms with Gasteiger partial charge in [-0.25, -0.2) is 0 Å². The monoisotopic (exact) mass is 347 g/mol. The van der Waals surface area contributed by atoms with Gasteiger partial charge in [-0.2, -0.15) is 5.26 Å². The number of carbonyl (C=O) groups excluding carboxylic acids is 1. The molecule has 1 aliphatic heterocycles. The average Bonchev–Trinajstić information content (AvgIpc) is 2.68. The molecule has 0 bridgehead atoms. The number of hydrogen-bond donors (Lipinski definition) is 2. The zero-order valence-corrected chi connectivity index (χ0v) is 14.5. The summed E-state index contributed by atoms with van der Waals surface area (Å²) in [7, 11) is 0. The van der Waals surface area contributed by atoms with Crippen molar-refractivity contribution in [2.24, 2.45) is 0 Å². The maximum atomic E-state index is 12.8. The molecule has 0 unspecified atom stereocenters. The van der Waals surface area contributed by atoms with Crippen LogP contribution in [0, 0.1) is 11.3 Å². The number of hydrogen-bond acceptors (Lipinski definition) is 4. The number of phenols is 1. The first kappa shape index (κ1) is 17.6. The van der Waals surface area contributed by atoms with Crippen molar-refractivity contribution in [1.29, 1.82) is 5.26 Å². The molecule has 0 radical (unpaired) electrons. The molecule has 1 heterocycles. The lowest BCUT2D eigenvalue weighted by molar-refractivity contribution is -0.114. The molecule has 3 rings (SSSR count). The summed E-state index contributed by atoms with van der Waals surface area (Å²) in [6.45, 7) is 1.22. The average molecular weight is 347 g/mol. The number of para-hydroxylation sites is 1. The lowest BCUT2D eigenvalue weighted by Crippen LogP contribution is -2.36. The van der Waals surface area contributed by atoms with E-state index in [1.165, 1.54) is 6.20 Å². The number of aromatic hydroxyl groups is 1. The van der Waals surface area contributed by atoms with Crippen LogP contribution in [0.3, 0.4) is 0 Å². The van der Waals surface area contributed by atoms with E-state index in [0.29, 0.717) is 13.1 Å². The summed E-state index contributed by atoms with van der Waals surface area (Å²) in [5.41, 5.74) is 3.21. The fourth-order valence-corrected chi connectivity index (χ4v) is 3.09. The Bertz CT molecular complexity index is 850. The third kappa shape index (κ3) is 4.04. The van der Waals surface area contributed by atoms with Crippen molar-refractivity contribution in [3.63, 3.8) is 0 Å². The maximum Gasteiger partial charge on any atom is 0.270 e. The normalized spacial score (nSPS) is 13.7. The lowest BCUT2D eigenvalue weighted by Gasteiger charge is -2.29. The highest BCUT2D eigenvalue weighted by Crippen LogP contribution is 2.27. The molecule has 5 heteroatoms. The van der Waals surface area contributed by atoms with E-state index in [2.05, 4.69) is 5.32 Å². The number of anilines is 1. The summed E-state index contributed by atoms with van der Waals surface area (Å²) in [5.74, 6) is -0.0300. The topological polar surface area (TPSA) is 76.4 Å². The zero-order valence-electron chi connectivity index (χ0n) is 14.5. The van der Waals surface area contributed by atoms with Gasteiger partial charge in [0.05, 0.1) is 0 Å². The number of benzene rings is 2. The Kier molecular flexibility index (Phi) is 5.55. The van der Waals surface area contributed by atoms with E-state index in [9.17, 15) is 15.2 Å². The molecule has 0 fully saturated rings.